The summed E-state index contributed by atoms with van der Waals surface area (Å²) in [6.45, 7) is 0. The highest BCUT2D eigenvalue weighted by molar-refractivity contribution is 6.19. The molecule has 240 valence electrons. The van der Waals surface area contributed by atoms with Crippen LogP contribution in [-0.4, -0.2) is 21.1 Å². The molecule has 2 aromatic heterocycles. The summed E-state index contributed by atoms with van der Waals surface area (Å²) in [7, 11) is 0. The minimum atomic E-state index is -0.125. The van der Waals surface area contributed by atoms with Crippen LogP contribution in [0.2, 0.25) is 0 Å². The number of allylic oxidation sites excluding steroid dienone is 3. The van der Waals surface area contributed by atoms with Gasteiger partial charge in [-0.15, -0.1) is 0 Å². The molecular weight excluding hydrogens is 611 g/mol. The van der Waals surface area contributed by atoms with E-state index in [1.54, 1.807) is 0 Å². The van der Waals surface area contributed by atoms with Crippen molar-refractivity contribution in [3.8, 4) is 11.4 Å². The van der Waals surface area contributed by atoms with Gasteiger partial charge in [0.1, 0.15) is 18.2 Å². The highest BCUT2D eigenvalue weighted by Crippen LogP contribution is 2.40. The molecule has 2 N–H and O–H groups in total. The van der Waals surface area contributed by atoms with Crippen molar-refractivity contribution in [2.45, 2.75) is 25.2 Å². The fourth-order valence-electron chi connectivity index (χ4n) is 7.92. The summed E-state index contributed by atoms with van der Waals surface area (Å²) < 4.78 is 4.83. The van der Waals surface area contributed by atoms with Gasteiger partial charge in [0.05, 0.1) is 22.1 Å². The zero-order valence-electron chi connectivity index (χ0n) is 27.5. The largest absolute Gasteiger partial charge is 0.350 e. The fraction of sp³-hybridized carbons (Fsp3) is 0.0889. The van der Waals surface area contributed by atoms with Gasteiger partial charge in [0.15, 0.2) is 0 Å². The van der Waals surface area contributed by atoms with Gasteiger partial charge >= 0.3 is 0 Å². The van der Waals surface area contributed by atoms with Crippen LogP contribution in [0.3, 0.4) is 0 Å². The van der Waals surface area contributed by atoms with Crippen LogP contribution in [0.1, 0.15) is 30.1 Å². The van der Waals surface area contributed by atoms with E-state index in [9.17, 15) is 0 Å². The summed E-state index contributed by atoms with van der Waals surface area (Å²) in [6, 6.07) is 52.4. The molecule has 0 saturated heterocycles. The van der Waals surface area contributed by atoms with Crippen molar-refractivity contribution >= 4 is 49.4 Å². The molecular formula is C45H35N5. The van der Waals surface area contributed by atoms with Gasteiger partial charge in [-0.3, -0.25) is 5.32 Å². The average molecular weight is 646 g/mol. The number of hydrogen-bond acceptors (Lipinski definition) is 3. The predicted molar refractivity (Wildman–Crippen MR) is 207 cm³/mol. The van der Waals surface area contributed by atoms with Crippen molar-refractivity contribution < 1.29 is 0 Å². The quantitative estimate of drug-likeness (QED) is 0.196. The molecule has 2 aliphatic rings. The van der Waals surface area contributed by atoms with E-state index in [0.717, 1.165) is 41.2 Å². The van der Waals surface area contributed by atoms with E-state index in [1.807, 2.05) is 0 Å². The Bertz CT molecular complexity index is 2660. The number of aromatic nitrogens is 2. The number of para-hydroxylation sites is 3. The summed E-state index contributed by atoms with van der Waals surface area (Å²) in [5, 5.41) is 12.6. The lowest BCUT2D eigenvalue weighted by Gasteiger charge is -2.33. The highest BCUT2D eigenvalue weighted by atomic mass is 15.3. The van der Waals surface area contributed by atoms with Crippen molar-refractivity contribution in [3.63, 3.8) is 0 Å². The predicted octanol–water partition coefficient (Wildman–Crippen LogP) is 10.1. The SMILES string of the molecule is C1=CCCC(C2N=C(c3ccccc3)NC(c3cccc(-n4c5ccccc5c5cc6c7ccccc7n(-c7ccccc7)c6cc54)c3)N2)=C1. The molecule has 6 aromatic carbocycles. The maximum absolute atomic E-state index is 5.17. The molecule has 5 heteroatoms. The van der Waals surface area contributed by atoms with Crippen molar-refractivity contribution in [1.82, 2.24) is 19.8 Å². The topological polar surface area (TPSA) is 46.3 Å². The summed E-state index contributed by atoms with van der Waals surface area (Å²) in [5.41, 5.74) is 10.6. The Morgan fingerprint density at radius 1 is 0.560 bits per heavy atom. The maximum atomic E-state index is 5.17. The minimum Gasteiger partial charge on any atom is -0.350 e. The number of fused-ring (bicyclic) bond motifs is 6. The maximum Gasteiger partial charge on any atom is 0.131 e. The standard InChI is InChI=1S/C45H35N5/c1-4-15-30(16-5-1)43-46-44(31-17-6-2-7-18-31)48-45(47-43)32-19-14-22-34(27-32)50-40-26-13-11-24-36(40)38-28-37-35-23-10-12-25-39(35)49(41(37)29-42(38)50)33-20-8-3-9-21-33/h1-6,8-17,19-29,44-45,48H,7,18H2,(H,46,47). The van der Waals surface area contributed by atoms with Gasteiger partial charge in [-0.1, -0.05) is 115 Å². The monoisotopic (exact) mass is 645 g/mol. The second-order valence-electron chi connectivity index (χ2n) is 13.2. The lowest BCUT2D eigenvalue weighted by Crippen LogP contribution is -2.49. The number of benzene rings is 6. The molecule has 3 heterocycles. The molecule has 1 aliphatic heterocycles. The zero-order valence-corrected chi connectivity index (χ0v) is 27.5. The number of amidine groups is 1. The molecule has 1 aliphatic carbocycles. The van der Waals surface area contributed by atoms with Gasteiger partial charge in [0.25, 0.3) is 0 Å². The van der Waals surface area contributed by atoms with E-state index in [4.69, 9.17) is 4.99 Å². The van der Waals surface area contributed by atoms with E-state index in [1.165, 1.54) is 49.2 Å². The Morgan fingerprint density at radius 3 is 1.90 bits per heavy atom. The molecule has 50 heavy (non-hydrogen) atoms. The Hall–Kier alpha value is -6.17. The van der Waals surface area contributed by atoms with Crippen molar-refractivity contribution in [2.24, 2.45) is 4.99 Å². The number of nitrogens with zero attached hydrogens (tertiary/aromatic N) is 3. The van der Waals surface area contributed by atoms with E-state index in [0.29, 0.717) is 0 Å². The molecule has 2 atom stereocenters. The lowest BCUT2D eigenvalue weighted by atomic mass is 10.0. The normalized spacial score (nSPS) is 17.7. The van der Waals surface area contributed by atoms with Crippen molar-refractivity contribution in [1.29, 1.82) is 0 Å². The van der Waals surface area contributed by atoms with Crippen LogP contribution in [-0.2, 0) is 0 Å². The molecule has 0 amide bonds. The second kappa shape index (κ2) is 11.8. The molecule has 8 aromatic rings. The highest BCUT2D eigenvalue weighted by Gasteiger charge is 2.27. The number of hydrogen-bond donors (Lipinski definition) is 2. The molecule has 0 spiro atoms. The van der Waals surface area contributed by atoms with Gasteiger partial charge in [0.2, 0.25) is 0 Å². The van der Waals surface area contributed by atoms with Crippen LogP contribution >= 0.6 is 0 Å². The van der Waals surface area contributed by atoms with Gasteiger partial charge < -0.3 is 14.5 Å². The van der Waals surface area contributed by atoms with Gasteiger partial charge in [-0.05, 0) is 72.5 Å². The molecule has 2 unspecified atom stereocenters. The summed E-state index contributed by atoms with van der Waals surface area (Å²) >= 11 is 0. The minimum absolute atomic E-state index is 0.105. The van der Waals surface area contributed by atoms with Crippen LogP contribution in [0.15, 0.2) is 174 Å². The first-order chi connectivity index (χ1) is 24.8. The first kappa shape index (κ1) is 28.8. The van der Waals surface area contributed by atoms with Gasteiger partial charge in [-0.25, -0.2) is 4.99 Å². The van der Waals surface area contributed by atoms with Crippen LogP contribution in [0.25, 0.3) is 55.0 Å². The Labute approximate surface area is 290 Å². The number of aliphatic imine (C=N–C) groups is 1. The molecule has 0 radical (unpaired) electrons. The molecule has 0 bridgehead atoms. The van der Waals surface area contributed by atoms with E-state index in [2.05, 4.69) is 184 Å². The van der Waals surface area contributed by atoms with Gasteiger partial charge in [-0.2, -0.15) is 0 Å². The summed E-state index contributed by atoms with van der Waals surface area (Å²) in [6.07, 6.45) is 8.42. The fourth-order valence-corrected chi connectivity index (χ4v) is 7.92. The third kappa shape index (κ3) is 4.70. The van der Waals surface area contributed by atoms with Crippen LogP contribution in [0, 0.1) is 0 Å². The first-order valence-corrected chi connectivity index (χ1v) is 17.4. The summed E-state index contributed by atoms with van der Waals surface area (Å²) in [5.74, 6) is 0.910. The van der Waals surface area contributed by atoms with E-state index >= 15 is 0 Å². The molecule has 10 rings (SSSR count). The Balaban J connectivity index is 1.15. The average Bonchev–Trinajstić information content (AvgIpc) is 3.70. The third-order valence-corrected chi connectivity index (χ3v) is 10.3. The lowest BCUT2D eigenvalue weighted by molar-refractivity contribution is 0.425. The second-order valence-corrected chi connectivity index (χ2v) is 13.2. The van der Waals surface area contributed by atoms with Crippen molar-refractivity contribution in [3.05, 3.63) is 181 Å². The van der Waals surface area contributed by atoms with E-state index in [-0.39, 0.29) is 12.3 Å². The molecule has 0 saturated carbocycles. The van der Waals surface area contributed by atoms with Crippen LogP contribution in [0.4, 0.5) is 0 Å². The number of rotatable bonds is 5. The molecule has 5 nitrogen and oxygen atoms in total. The summed E-state index contributed by atoms with van der Waals surface area (Å²) in [4.78, 5) is 5.17. The zero-order chi connectivity index (χ0) is 33.0. The molecule has 0 fully saturated rings. The van der Waals surface area contributed by atoms with Gasteiger partial charge in [0, 0.05) is 38.5 Å². The third-order valence-electron chi connectivity index (χ3n) is 10.3. The van der Waals surface area contributed by atoms with E-state index < -0.39 is 0 Å². The Morgan fingerprint density at radius 2 is 1.20 bits per heavy atom. The van der Waals surface area contributed by atoms with Crippen molar-refractivity contribution in [2.75, 3.05) is 0 Å². The number of nitrogens with one attached hydrogen (secondary N) is 2. The Kier molecular flexibility index (Phi) is 6.78. The smallest absolute Gasteiger partial charge is 0.131 e. The van der Waals surface area contributed by atoms with Crippen LogP contribution in [0.5, 0.6) is 0 Å². The first-order valence-electron chi connectivity index (χ1n) is 17.4. The van der Waals surface area contributed by atoms with Crippen LogP contribution < -0.4 is 10.6 Å².